The second kappa shape index (κ2) is 64.4. The number of hydrogen-bond donors (Lipinski definition) is 3. The third-order valence-corrected chi connectivity index (χ3v) is 19.6. The van der Waals surface area contributed by atoms with Crippen LogP contribution in [0.1, 0.15) is 376 Å². The van der Waals surface area contributed by atoms with Crippen LogP contribution in [-0.2, 0) is 65.4 Å². The van der Waals surface area contributed by atoms with E-state index in [0.29, 0.717) is 25.7 Å². The van der Waals surface area contributed by atoms with Gasteiger partial charge in [0.15, 0.2) is 12.2 Å². The molecule has 3 unspecified atom stereocenters. The van der Waals surface area contributed by atoms with E-state index in [1.165, 1.54) is 173 Å². The zero-order valence-electron chi connectivity index (χ0n) is 61.6. The van der Waals surface area contributed by atoms with Gasteiger partial charge >= 0.3 is 39.5 Å². The maximum absolute atomic E-state index is 13.1. The lowest BCUT2D eigenvalue weighted by atomic mass is 10.00. The number of hydrogen-bond acceptors (Lipinski definition) is 15. The Kier molecular flexibility index (Phi) is 63.1. The Balaban J connectivity index is 5.21. The van der Waals surface area contributed by atoms with E-state index in [4.69, 9.17) is 37.0 Å². The molecule has 0 aromatic carbocycles. The highest BCUT2D eigenvalue weighted by Gasteiger charge is 2.30. The van der Waals surface area contributed by atoms with Crippen LogP contribution in [0.3, 0.4) is 0 Å². The predicted octanol–water partition coefficient (Wildman–Crippen LogP) is 21.7. The minimum Gasteiger partial charge on any atom is -0.462 e. The summed E-state index contributed by atoms with van der Waals surface area (Å²) in [7, 11) is -9.91. The van der Waals surface area contributed by atoms with E-state index in [2.05, 4.69) is 55.4 Å². The molecule has 17 nitrogen and oxygen atoms in total. The van der Waals surface area contributed by atoms with Crippen LogP contribution in [0.2, 0.25) is 0 Å². The van der Waals surface area contributed by atoms with Crippen molar-refractivity contribution < 1.29 is 80.2 Å². The van der Waals surface area contributed by atoms with Gasteiger partial charge in [0.25, 0.3) is 0 Å². The van der Waals surface area contributed by atoms with E-state index in [1.54, 1.807) is 0 Å². The Morgan fingerprint density at radius 2 is 0.511 bits per heavy atom. The van der Waals surface area contributed by atoms with Crippen LogP contribution >= 0.6 is 15.6 Å². The van der Waals surface area contributed by atoms with Gasteiger partial charge in [-0.25, -0.2) is 9.13 Å². The smallest absolute Gasteiger partial charge is 0.462 e. The highest BCUT2D eigenvalue weighted by atomic mass is 31.2. The van der Waals surface area contributed by atoms with Gasteiger partial charge in [0.1, 0.15) is 19.3 Å². The Morgan fingerprint density at radius 3 is 0.755 bits per heavy atom. The van der Waals surface area contributed by atoms with Crippen LogP contribution in [0.4, 0.5) is 0 Å². The van der Waals surface area contributed by atoms with Crippen molar-refractivity contribution >= 4 is 39.5 Å². The van der Waals surface area contributed by atoms with Crippen LogP contribution in [0.5, 0.6) is 0 Å². The summed E-state index contributed by atoms with van der Waals surface area (Å²) in [5.74, 6) is 0.908. The average Bonchev–Trinajstić information content (AvgIpc) is 1.15. The number of aliphatic hydroxyl groups is 1. The maximum Gasteiger partial charge on any atom is 0.472 e. The maximum atomic E-state index is 13.1. The highest BCUT2D eigenvalue weighted by molar-refractivity contribution is 7.47. The van der Waals surface area contributed by atoms with Gasteiger partial charge in [-0.1, -0.05) is 325 Å². The van der Waals surface area contributed by atoms with Gasteiger partial charge in [-0.3, -0.25) is 37.3 Å². The topological polar surface area (TPSA) is 237 Å². The van der Waals surface area contributed by atoms with Gasteiger partial charge in [-0.15, -0.1) is 0 Å². The molecule has 3 N–H and O–H groups in total. The fourth-order valence-electron chi connectivity index (χ4n) is 11.3. The van der Waals surface area contributed by atoms with Gasteiger partial charge in [-0.2, -0.15) is 0 Å². The van der Waals surface area contributed by atoms with Crippen molar-refractivity contribution in [2.24, 2.45) is 23.7 Å². The molecule has 0 radical (unpaired) electrons. The Morgan fingerprint density at radius 1 is 0.298 bits per heavy atom. The molecular weight excluding hydrogens is 1230 g/mol. The van der Waals surface area contributed by atoms with Crippen LogP contribution in [0, 0.1) is 23.7 Å². The van der Waals surface area contributed by atoms with E-state index >= 15 is 0 Å². The van der Waals surface area contributed by atoms with E-state index in [1.807, 2.05) is 0 Å². The Hall–Kier alpha value is -1.94. The molecule has 0 saturated carbocycles. The molecule has 0 fully saturated rings. The minimum atomic E-state index is -4.96. The molecule has 0 rings (SSSR count). The van der Waals surface area contributed by atoms with E-state index in [9.17, 15) is 43.2 Å². The van der Waals surface area contributed by atoms with E-state index < -0.39 is 97.5 Å². The molecule has 19 heteroatoms. The molecule has 6 atom stereocenters. The lowest BCUT2D eigenvalue weighted by Crippen LogP contribution is -2.30. The molecule has 0 bridgehead atoms. The van der Waals surface area contributed by atoms with Crippen molar-refractivity contribution in [3.8, 4) is 0 Å². The first-order valence-electron chi connectivity index (χ1n) is 38.7. The standard InChI is InChI=1S/C75H146O17P2/c1-9-68(8)54-46-38-33-34-40-48-56-73(78)86-62-71(92-74(79)57-49-41-31-25-19-18-22-28-36-44-52-66(4)5)64-90-94(83,84)88-60-69(76)59-87-93(81,82)89-63-70(91-75(80)58-50-42-32-26-20-23-29-37-45-53-67(6)7)61-85-72(77)55-47-39-30-24-17-15-13-11-10-12-14-16-21-27-35-43-51-65(2)3/h65-71,76H,9-64H2,1-8H3,(H,81,82)(H,83,84)/t68?,69-,70-,71-/m1/s1. The number of carbonyl (C=O) groups is 4. The fourth-order valence-corrected chi connectivity index (χ4v) is 12.9. The number of unbranched alkanes of at least 4 members (excludes halogenated alkanes) is 37. The molecule has 0 aromatic heterocycles. The van der Waals surface area contributed by atoms with Crippen molar-refractivity contribution in [3.05, 3.63) is 0 Å². The Bertz CT molecular complexity index is 1850. The molecular formula is C75H146O17P2. The van der Waals surface area contributed by atoms with Gasteiger partial charge < -0.3 is 33.8 Å². The van der Waals surface area contributed by atoms with Gasteiger partial charge in [0, 0.05) is 25.7 Å². The minimum absolute atomic E-state index is 0.105. The molecule has 0 aliphatic carbocycles. The van der Waals surface area contributed by atoms with Gasteiger partial charge in [0.05, 0.1) is 26.4 Å². The highest BCUT2D eigenvalue weighted by Crippen LogP contribution is 2.45. The molecule has 0 heterocycles. The van der Waals surface area contributed by atoms with Crippen molar-refractivity contribution in [1.82, 2.24) is 0 Å². The van der Waals surface area contributed by atoms with Crippen LogP contribution < -0.4 is 0 Å². The van der Waals surface area contributed by atoms with Gasteiger partial charge in [-0.05, 0) is 49.4 Å². The molecule has 0 spiro atoms. The number of ether oxygens (including phenoxy) is 4. The molecule has 0 aromatic rings. The summed E-state index contributed by atoms with van der Waals surface area (Å²) in [5, 5.41) is 10.6. The number of phosphoric acid groups is 2. The van der Waals surface area contributed by atoms with Crippen molar-refractivity contribution in [2.75, 3.05) is 39.6 Å². The van der Waals surface area contributed by atoms with Crippen molar-refractivity contribution in [3.63, 3.8) is 0 Å². The number of esters is 4. The normalized spacial score (nSPS) is 14.4. The van der Waals surface area contributed by atoms with E-state index in [-0.39, 0.29) is 25.7 Å². The largest absolute Gasteiger partial charge is 0.472 e. The number of rotatable bonds is 72. The van der Waals surface area contributed by atoms with Crippen LogP contribution in [0.15, 0.2) is 0 Å². The quantitative estimate of drug-likeness (QED) is 0.0222. The number of carbonyl (C=O) groups excluding carboxylic acids is 4. The summed E-state index contributed by atoms with van der Waals surface area (Å²) >= 11 is 0. The summed E-state index contributed by atoms with van der Waals surface area (Å²) in [6.45, 7) is 14.1. The molecule has 0 aliphatic rings. The summed E-state index contributed by atoms with van der Waals surface area (Å²) < 4.78 is 68.5. The summed E-state index contributed by atoms with van der Waals surface area (Å²) in [6.07, 6.45) is 48.7. The third kappa shape index (κ3) is 67.3. The molecule has 558 valence electrons. The van der Waals surface area contributed by atoms with Crippen molar-refractivity contribution in [1.29, 1.82) is 0 Å². The first-order chi connectivity index (χ1) is 45.1. The SMILES string of the molecule is CCC(C)CCCCCCCCC(=O)OC[C@H](COP(=O)(O)OC[C@H](O)COP(=O)(O)OC[C@@H](COC(=O)CCCCCCCCCCCCCCCCCCC(C)C)OC(=O)CCCCCCCCCCCC(C)C)OC(=O)CCCCCCCCCCCCC(C)C. The zero-order valence-corrected chi connectivity index (χ0v) is 63.4. The predicted molar refractivity (Wildman–Crippen MR) is 381 cm³/mol. The lowest BCUT2D eigenvalue weighted by molar-refractivity contribution is -0.161. The first-order valence-corrected chi connectivity index (χ1v) is 41.7. The summed E-state index contributed by atoms with van der Waals surface area (Å²) in [6, 6.07) is 0. The second-order valence-corrected chi connectivity index (χ2v) is 31.6. The average molecular weight is 1380 g/mol. The van der Waals surface area contributed by atoms with Gasteiger partial charge in [0.2, 0.25) is 0 Å². The van der Waals surface area contributed by atoms with Crippen LogP contribution in [0.25, 0.3) is 0 Å². The first kappa shape index (κ1) is 92.1. The monoisotopic (exact) mass is 1380 g/mol. The third-order valence-electron chi connectivity index (χ3n) is 17.7. The second-order valence-electron chi connectivity index (χ2n) is 28.7. The molecule has 0 amide bonds. The molecule has 0 aliphatic heterocycles. The molecule has 0 saturated heterocycles. The van der Waals surface area contributed by atoms with E-state index in [0.717, 1.165) is 120 Å². The summed E-state index contributed by atoms with van der Waals surface area (Å²) in [5.41, 5.74) is 0. The number of aliphatic hydroxyl groups excluding tert-OH is 1. The lowest BCUT2D eigenvalue weighted by Gasteiger charge is -2.21. The zero-order chi connectivity index (χ0) is 69.6. The molecule has 94 heavy (non-hydrogen) atoms. The number of phosphoric ester groups is 2. The Labute approximate surface area is 575 Å². The fraction of sp³-hybridized carbons (Fsp3) is 0.947. The van der Waals surface area contributed by atoms with Crippen LogP contribution in [-0.4, -0.2) is 96.7 Å². The van der Waals surface area contributed by atoms with Crippen molar-refractivity contribution in [2.45, 2.75) is 395 Å². The summed E-state index contributed by atoms with van der Waals surface area (Å²) in [4.78, 5) is 72.7.